The van der Waals surface area contributed by atoms with Crippen LogP contribution >= 0.6 is 0 Å². The molecule has 370 valence electrons. The number of H-pyrrole nitrogens is 2. The molecule has 3 heterocycles. The number of fused-ring (bicyclic) bond motifs is 2. The van der Waals surface area contributed by atoms with Crippen LogP contribution in [0, 0.1) is 5.92 Å². The second kappa shape index (κ2) is 23.8. The lowest BCUT2D eigenvalue weighted by atomic mass is 9.97. The molecular formula is C50H60N10O10. The van der Waals surface area contributed by atoms with Crippen LogP contribution in [0.1, 0.15) is 63.1 Å². The minimum absolute atomic E-state index is 0.0443. The fourth-order valence-electron chi connectivity index (χ4n) is 8.67. The first-order chi connectivity index (χ1) is 33.5. The Bertz CT molecular complexity index is 2720. The minimum Gasteiger partial charge on any atom is -0.481 e. The molecule has 6 rings (SSSR count). The van der Waals surface area contributed by atoms with E-state index in [1.807, 2.05) is 48.5 Å². The van der Waals surface area contributed by atoms with Crippen molar-refractivity contribution in [1.82, 2.24) is 46.8 Å². The zero-order chi connectivity index (χ0) is 50.5. The summed E-state index contributed by atoms with van der Waals surface area (Å²) in [6.45, 7) is 4.40. The number of hydrogen-bond acceptors (Lipinski definition) is 9. The number of carbonyl (C=O) groups is 9. The van der Waals surface area contributed by atoms with E-state index in [0.29, 0.717) is 18.4 Å². The number of benzene rings is 3. The lowest BCUT2D eigenvalue weighted by Gasteiger charge is -2.30. The highest BCUT2D eigenvalue weighted by molar-refractivity contribution is 5.98. The van der Waals surface area contributed by atoms with Crippen LogP contribution in [0.4, 0.5) is 0 Å². The predicted molar refractivity (Wildman–Crippen MR) is 258 cm³/mol. The van der Waals surface area contributed by atoms with E-state index in [1.54, 1.807) is 56.6 Å². The van der Waals surface area contributed by atoms with Gasteiger partial charge in [0, 0.05) is 66.9 Å². The molecule has 11 N–H and O–H groups in total. The summed E-state index contributed by atoms with van der Waals surface area (Å²) < 4.78 is 0. The summed E-state index contributed by atoms with van der Waals surface area (Å²) in [6.07, 6.45) is 3.97. The molecule has 20 nitrogen and oxygen atoms in total. The Kier molecular flexibility index (Phi) is 17.5. The van der Waals surface area contributed by atoms with Gasteiger partial charge in [0.2, 0.25) is 47.3 Å². The SMILES string of the molecule is CC[C@H](C)[C@H](NC(=O)CNC(=O)[C@@H]1CCCN1C(=O)[C@H](Cc1c[nH]c2ccccc12)NC(=O)[C@H](Cc1c[nH]c2ccccc12)NC(C)=O)C(=O)N[C@@H](Cc1ccccc1)C(=O)N[C@@H](CC(=O)O)C(N)=O. The maximum Gasteiger partial charge on any atom is 0.305 e. The van der Waals surface area contributed by atoms with Crippen LogP contribution in [0.5, 0.6) is 0 Å². The Labute approximate surface area is 403 Å². The average molecular weight is 961 g/mol. The topological polar surface area (TPSA) is 307 Å². The highest BCUT2D eigenvalue weighted by Crippen LogP contribution is 2.24. The van der Waals surface area contributed by atoms with Crippen molar-refractivity contribution in [3.63, 3.8) is 0 Å². The van der Waals surface area contributed by atoms with E-state index in [9.17, 15) is 48.3 Å². The van der Waals surface area contributed by atoms with Gasteiger partial charge in [-0.05, 0) is 47.6 Å². The number of rotatable bonds is 23. The maximum atomic E-state index is 14.7. The Hall–Kier alpha value is -8.03. The third kappa shape index (κ3) is 13.4. The number of nitrogens with zero attached hydrogens (tertiary/aromatic N) is 1. The molecule has 0 aliphatic carbocycles. The van der Waals surface area contributed by atoms with Gasteiger partial charge in [0.15, 0.2) is 0 Å². The van der Waals surface area contributed by atoms with Crippen LogP contribution in [-0.2, 0) is 62.4 Å². The van der Waals surface area contributed by atoms with Crippen LogP contribution in [0.25, 0.3) is 21.8 Å². The molecule has 8 amide bonds. The van der Waals surface area contributed by atoms with E-state index >= 15 is 0 Å². The fraction of sp³-hybridized carbons (Fsp3) is 0.380. The van der Waals surface area contributed by atoms with E-state index in [4.69, 9.17) is 5.73 Å². The number of carboxylic acid groups (broad SMARTS) is 1. The summed E-state index contributed by atoms with van der Waals surface area (Å²) in [5, 5.41) is 26.8. The van der Waals surface area contributed by atoms with Crippen molar-refractivity contribution in [3.05, 3.63) is 108 Å². The predicted octanol–water partition coefficient (Wildman–Crippen LogP) is 1.23. The summed E-state index contributed by atoms with van der Waals surface area (Å²) in [5.74, 6) is -7.54. The lowest BCUT2D eigenvalue weighted by Crippen LogP contribution is -2.59. The van der Waals surface area contributed by atoms with Crippen molar-refractivity contribution in [1.29, 1.82) is 0 Å². The van der Waals surface area contributed by atoms with Crippen LogP contribution in [-0.4, -0.2) is 123 Å². The van der Waals surface area contributed by atoms with Gasteiger partial charge in [-0.25, -0.2) is 0 Å². The Morgan fingerprint density at radius 3 is 1.81 bits per heavy atom. The number of aliphatic carboxylic acids is 1. The molecule has 0 saturated carbocycles. The third-order valence-corrected chi connectivity index (χ3v) is 12.5. The Balaban J connectivity index is 1.15. The van der Waals surface area contributed by atoms with Gasteiger partial charge >= 0.3 is 5.97 Å². The first-order valence-corrected chi connectivity index (χ1v) is 23.2. The maximum absolute atomic E-state index is 14.7. The summed E-state index contributed by atoms with van der Waals surface area (Å²) in [4.78, 5) is 127. The number of nitrogens with one attached hydrogen (secondary N) is 8. The third-order valence-electron chi connectivity index (χ3n) is 12.5. The van der Waals surface area contributed by atoms with Gasteiger partial charge in [-0.2, -0.15) is 0 Å². The van der Waals surface area contributed by atoms with Gasteiger partial charge in [0.05, 0.1) is 13.0 Å². The van der Waals surface area contributed by atoms with Gasteiger partial charge in [0.25, 0.3) is 0 Å². The van der Waals surface area contributed by atoms with E-state index in [1.165, 1.54) is 11.8 Å². The van der Waals surface area contributed by atoms with Crippen molar-refractivity contribution in [2.24, 2.45) is 11.7 Å². The number of carboxylic acids is 1. The van der Waals surface area contributed by atoms with E-state index in [0.717, 1.165) is 32.9 Å². The number of nitrogens with two attached hydrogens (primary N) is 1. The summed E-state index contributed by atoms with van der Waals surface area (Å²) in [6, 6.07) is 16.3. The number of aromatic nitrogens is 2. The fourth-order valence-corrected chi connectivity index (χ4v) is 8.67. The molecule has 3 aromatic carbocycles. The van der Waals surface area contributed by atoms with Crippen molar-refractivity contribution < 1.29 is 48.3 Å². The molecule has 0 unspecified atom stereocenters. The number of primary amides is 1. The zero-order valence-corrected chi connectivity index (χ0v) is 39.2. The molecule has 0 bridgehead atoms. The van der Waals surface area contributed by atoms with Crippen LogP contribution in [0.3, 0.4) is 0 Å². The molecule has 1 aliphatic heterocycles. The summed E-state index contributed by atoms with van der Waals surface area (Å²) >= 11 is 0. The van der Waals surface area contributed by atoms with Crippen molar-refractivity contribution in [2.45, 2.75) is 102 Å². The monoisotopic (exact) mass is 960 g/mol. The number of amides is 8. The van der Waals surface area contributed by atoms with E-state index in [2.05, 4.69) is 41.9 Å². The van der Waals surface area contributed by atoms with Gasteiger partial charge in [-0.15, -0.1) is 0 Å². The summed E-state index contributed by atoms with van der Waals surface area (Å²) in [5.41, 5.74) is 9.18. The number of para-hydroxylation sites is 2. The molecule has 0 radical (unpaired) electrons. The van der Waals surface area contributed by atoms with Crippen LogP contribution in [0.15, 0.2) is 91.3 Å². The van der Waals surface area contributed by atoms with Gasteiger partial charge < -0.3 is 57.6 Å². The van der Waals surface area contributed by atoms with E-state index in [-0.39, 0.29) is 32.2 Å². The zero-order valence-electron chi connectivity index (χ0n) is 39.2. The number of likely N-dealkylation sites (tertiary alicyclic amines) is 1. The van der Waals surface area contributed by atoms with Crippen molar-refractivity contribution in [3.8, 4) is 0 Å². The number of hydrogen-bond donors (Lipinski definition) is 10. The van der Waals surface area contributed by atoms with Crippen molar-refractivity contribution in [2.75, 3.05) is 13.1 Å². The number of aromatic amines is 2. The van der Waals surface area contributed by atoms with E-state index < -0.39 is 108 Å². The van der Waals surface area contributed by atoms with Crippen LogP contribution in [0.2, 0.25) is 0 Å². The minimum atomic E-state index is -1.56. The van der Waals surface area contributed by atoms with Gasteiger partial charge in [0.1, 0.15) is 36.3 Å². The lowest BCUT2D eigenvalue weighted by molar-refractivity contribution is -0.142. The molecule has 70 heavy (non-hydrogen) atoms. The molecule has 1 fully saturated rings. The second-order valence-corrected chi connectivity index (χ2v) is 17.6. The smallest absolute Gasteiger partial charge is 0.305 e. The molecule has 1 aliphatic rings. The molecule has 5 aromatic rings. The molecular weight excluding hydrogens is 901 g/mol. The standard InChI is InChI=1S/C50H60N10O10/c1-4-28(2)44(49(69)57-38(21-30-13-6-5-7-14-30)46(66)56-37(45(51)65)24-43(63)64)59-42(62)27-54-48(68)41-19-12-20-60(41)50(70)40(23-32-26-53-36-18-11-9-16-34(32)36)58-47(67)39(55-29(3)61)22-31-25-52-35-17-10-8-15-33(31)35/h5-11,13-18,25-26,28,37-41,44,52-53H,4,12,19-24,27H2,1-3H3,(H2,51,65)(H,54,68)(H,55,61)(H,56,66)(H,57,69)(H,58,67)(H,59,62)(H,63,64)/t28-,37-,38-,39-,40-,41-,44-/m0/s1. The molecule has 20 heteroatoms. The molecule has 7 atom stereocenters. The molecule has 1 saturated heterocycles. The normalized spacial score (nSPS) is 15.9. The van der Waals surface area contributed by atoms with Crippen molar-refractivity contribution >= 4 is 75.0 Å². The summed E-state index contributed by atoms with van der Waals surface area (Å²) in [7, 11) is 0. The van der Waals surface area contributed by atoms with Gasteiger partial charge in [-0.3, -0.25) is 43.2 Å². The first kappa shape index (κ1) is 51.4. The first-order valence-electron chi connectivity index (χ1n) is 23.2. The highest BCUT2D eigenvalue weighted by Gasteiger charge is 2.39. The average Bonchev–Trinajstić information content (AvgIpc) is 4.10. The Morgan fingerprint density at radius 1 is 0.700 bits per heavy atom. The molecule has 2 aromatic heterocycles. The highest BCUT2D eigenvalue weighted by atomic mass is 16.4. The Morgan fingerprint density at radius 2 is 1.24 bits per heavy atom. The van der Waals surface area contributed by atoms with Gasteiger partial charge in [-0.1, -0.05) is 87.0 Å². The van der Waals surface area contributed by atoms with Crippen LogP contribution < -0.4 is 37.6 Å². The second-order valence-electron chi connectivity index (χ2n) is 17.6. The molecule has 0 spiro atoms. The number of carbonyl (C=O) groups excluding carboxylic acids is 8. The largest absolute Gasteiger partial charge is 0.481 e. The quantitative estimate of drug-likeness (QED) is 0.0447.